The molecule has 1 aliphatic heterocycles. The van der Waals surface area contributed by atoms with Gasteiger partial charge in [0.25, 0.3) is 0 Å². The average Bonchev–Trinajstić information content (AvgIpc) is 2.41. The second-order valence-electron chi connectivity index (χ2n) is 6.26. The van der Waals surface area contributed by atoms with Crippen molar-refractivity contribution in [1.82, 2.24) is 4.90 Å². The van der Waals surface area contributed by atoms with Gasteiger partial charge in [-0.25, -0.2) is 0 Å². The van der Waals surface area contributed by atoms with Gasteiger partial charge in [-0.3, -0.25) is 9.59 Å². The van der Waals surface area contributed by atoms with Crippen LogP contribution in [0.25, 0.3) is 0 Å². The average molecular weight is 301 g/mol. The van der Waals surface area contributed by atoms with Crippen molar-refractivity contribution in [3.63, 3.8) is 0 Å². The number of hydrogen-bond donors (Lipinski definition) is 1. The second-order valence-corrected chi connectivity index (χ2v) is 6.26. The summed E-state index contributed by atoms with van der Waals surface area (Å²) in [5.41, 5.74) is -0.511. The number of amides is 1. The summed E-state index contributed by atoms with van der Waals surface area (Å²) in [5, 5.41) is 8.71. The van der Waals surface area contributed by atoms with Crippen LogP contribution in [-0.2, 0) is 19.1 Å². The number of piperidine rings is 1. The summed E-state index contributed by atoms with van der Waals surface area (Å²) in [7, 11) is 0. The predicted molar refractivity (Wildman–Crippen MR) is 77.7 cm³/mol. The van der Waals surface area contributed by atoms with Gasteiger partial charge < -0.3 is 19.5 Å². The van der Waals surface area contributed by atoms with Gasteiger partial charge in [-0.1, -0.05) is 0 Å². The molecule has 1 heterocycles. The molecule has 0 aromatic heterocycles. The minimum Gasteiger partial charge on any atom is -0.460 e. The summed E-state index contributed by atoms with van der Waals surface area (Å²) in [6, 6.07) is 0. The van der Waals surface area contributed by atoms with Crippen LogP contribution in [0.4, 0.5) is 0 Å². The van der Waals surface area contributed by atoms with Crippen LogP contribution in [0.3, 0.4) is 0 Å². The fourth-order valence-electron chi connectivity index (χ4n) is 2.25. The Morgan fingerprint density at radius 3 is 2.33 bits per heavy atom. The van der Waals surface area contributed by atoms with E-state index in [1.165, 1.54) is 0 Å². The highest BCUT2D eigenvalue weighted by Crippen LogP contribution is 2.15. The second kappa shape index (κ2) is 8.34. The molecular weight excluding hydrogens is 274 g/mol. The fraction of sp³-hybridized carbons (Fsp3) is 0.867. The molecule has 21 heavy (non-hydrogen) atoms. The van der Waals surface area contributed by atoms with Crippen molar-refractivity contribution in [3.05, 3.63) is 0 Å². The molecule has 0 bridgehead atoms. The number of esters is 1. The molecule has 6 heteroatoms. The van der Waals surface area contributed by atoms with Crippen LogP contribution in [0.15, 0.2) is 0 Å². The first-order chi connectivity index (χ1) is 9.81. The first-order valence-corrected chi connectivity index (χ1v) is 7.54. The lowest BCUT2D eigenvalue weighted by Gasteiger charge is -2.32. The van der Waals surface area contributed by atoms with Crippen molar-refractivity contribution < 1.29 is 24.2 Å². The molecule has 1 aliphatic rings. The topological polar surface area (TPSA) is 76.1 Å². The Balaban J connectivity index is 2.23. The summed E-state index contributed by atoms with van der Waals surface area (Å²) < 4.78 is 10.6. The zero-order valence-electron chi connectivity index (χ0n) is 13.3. The molecular formula is C15H27NO5. The molecule has 0 aromatic carbocycles. The first-order valence-electron chi connectivity index (χ1n) is 7.54. The number of nitrogens with zero attached hydrogens (tertiary/aromatic N) is 1. The maximum absolute atomic E-state index is 12.0. The molecule has 0 aromatic rings. The van der Waals surface area contributed by atoms with Gasteiger partial charge in [0.2, 0.25) is 5.91 Å². The normalized spacial score (nSPS) is 16.9. The number of rotatable bonds is 6. The number of aliphatic hydroxyl groups excluding tert-OH is 1. The van der Waals surface area contributed by atoms with Gasteiger partial charge >= 0.3 is 5.97 Å². The number of hydrogen-bond acceptors (Lipinski definition) is 5. The number of aliphatic hydroxyl groups is 1. The lowest BCUT2D eigenvalue weighted by atomic mass is 10.1. The lowest BCUT2D eigenvalue weighted by molar-refractivity contribution is -0.156. The van der Waals surface area contributed by atoms with Crippen LogP contribution < -0.4 is 0 Å². The Labute approximate surface area is 126 Å². The van der Waals surface area contributed by atoms with Gasteiger partial charge in [-0.05, 0) is 33.6 Å². The third-order valence-electron chi connectivity index (χ3n) is 3.20. The van der Waals surface area contributed by atoms with Gasteiger partial charge in [-0.2, -0.15) is 0 Å². The fourth-order valence-corrected chi connectivity index (χ4v) is 2.25. The largest absolute Gasteiger partial charge is 0.460 e. The molecule has 0 atom stereocenters. The minimum atomic E-state index is -0.511. The van der Waals surface area contributed by atoms with E-state index in [0.717, 1.165) is 12.8 Å². The Bertz CT molecular complexity index is 342. The van der Waals surface area contributed by atoms with Crippen LogP contribution in [-0.4, -0.2) is 59.9 Å². The van der Waals surface area contributed by atoms with Crippen LogP contribution in [0, 0.1) is 0 Å². The van der Waals surface area contributed by atoms with Crippen molar-refractivity contribution in [1.29, 1.82) is 0 Å². The summed E-state index contributed by atoms with van der Waals surface area (Å²) in [5.74, 6) is -0.349. The third kappa shape index (κ3) is 7.43. The lowest BCUT2D eigenvalue weighted by Crippen LogP contribution is -2.41. The number of ether oxygens (including phenoxy) is 2. The molecule has 1 saturated heterocycles. The molecule has 0 aliphatic carbocycles. The van der Waals surface area contributed by atoms with Gasteiger partial charge in [-0.15, -0.1) is 0 Å². The van der Waals surface area contributed by atoms with E-state index in [9.17, 15) is 9.59 Å². The molecule has 0 radical (unpaired) electrons. The van der Waals surface area contributed by atoms with Crippen molar-refractivity contribution in [2.75, 3.05) is 26.3 Å². The highest BCUT2D eigenvalue weighted by atomic mass is 16.6. The summed E-state index contributed by atoms with van der Waals surface area (Å²) in [6.45, 7) is 7.08. The highest BCUT2D eigenvalue weighted by Gasteiger charge is 2.24. The predicted octanol–water partition coefficient (Wildman–Crippen LogP) is 1.11. The number of carbonyl (C=O) groups is 2. The van der Waals surface area contributed by atoms with E-state index in [1.54, 1.807) is 4.90 Å². The number of carbonyl (C=O) groups excluding carboxylic acids is 2. The van der Waals surface area contributed by atoms with Gasteiger partial charge in [0.1, 0.15) is 5.60 Å². The Morgan fingerprint density at radius 2 is 1.81 bits per heavy atom. The van der Waals surface area contributed by atoms with E-state index in [2.05, 4.69) is 0 Å². The maximum atomic E-state index is 12.0. The van der Waals surface area contributed by atoms with Gasteiger partial charge in [0.05, 0.1) is 25.7 Å². The van der Waals surface area contributed by atoms with Gasteiger partial charge in [0, 0.05) is 19.5 Å². The minimum absolute atomic E-state index is 0.0125. The Morgan fingerprint density at radius 1 is 1.19 bits per heavy atom. The molecule has 0 saturated carbocycles. The van der Waals surface area contributed by atoms with E-state index in [0.29, 0.717) is 19.7 Å². The van der Waals surface area contributed by atoms with E-state index in [-0.39, 0.29) is 37.4 Å². The van der Waals surface area contributed by atoms with Crippen molar-refractivity contribution in [3.8, 4) is 0 Å². The highest BCUT2D eigenvalue weighted by molar-refractivity contribution is 5.81. The molecule has 6 nitrogen and oxygen atoms in total. The summed E-state index contributed by atoms with van der Waals surface area (Å²) in [6.07, 6.45) is 1.98. The van der Waals surface area contributed by atoms with Crippen molar-refractivity contribution >= 4 is 11.9 Å². The number of likely N-dealkylation sites (tertiary alicyclic amines) is 1. The Kier molecular flexibility index (Phi) is 7.11. The molecule has 1 amide bonds. The zero-order valence-corrected chi connectivity index (χ0v) is 13.3. The van der Waals surface area contributed by atoms with Crippen LogP contribution in [0.5, 0.6) is 0 Å². The maximum Gasteiger partial charge on any atom is 0.306 e. The zero-order chi connectivity index (χ0) is 15.9. The van der Waals surface area contributed by atoms with Crippen LogP contribution in [0.1, 0.15) is 46.5 Å². The van der Waals surface area contributed by atoms with Crippen molar-refractivity contribution in [2.45, 2.75) is 58.2 Å². The smallest absolute Gasteiger partial charge is 0.306 e. The molecule has 122 valence electrons. The van der Waals surface area contributed by atoms with Gasteiger partial charge in [0.15, 0.2) is 0 Å². The molecule has 0 spiro atoms. The third-order valence-corrected chi connectivity index (χ3v) is 3.20. The molecule has 1 fully saturated rings. The molecule has 1 rings (SSSR count). The summed E-state index contributed by atoms with van der Waals surface area (Å²) in [4.78, 5) is 25.4. The standard InChI is InChI=1S/C15H27NO5/c1-15(2,3)21-14(19)5-4-13(18)16-8-6-12(7-9-16)20-11-10-17/h12,17H,4-11H2,1-3H3. The van der Waals surface area contributed by atoms with Crippen LogP contribution >= 0.6 is 0 Å². The van der Waals surface area contributed by atoms with E-state index >= 15 is 0 Å². The van der Waals surface area contributed by atoms with E-state index < -0.39 is 5.60 Å². The van der Waals surface area contributed by atoms with E-state index in [1.807, 2.05) is 20.8 Å². The van der Waals surface area contributed by atoms with Crippen LogP contribution in [0.2, 0.25) is 0 Å². The Hall–Kier alpha value is -1.14. The molecule has 1 N–H and O–H groups in total. The SMILES string of the molecule is CC(C)(C)OC(=O)CCC(=O)N1CCC(OCCO)CC1. The quantitative estimate of drug-likeness (QED) is 0.744. The van der Waals surface area contributed by atoms with E-state index in [4.69, 9.17) is 14.6 Å². The summed E-state index contributed by atoms with van der Waals surface area (Å²) >= 11 is 0. The van der Waals surface area contributed by atoms with Crippen molar-refractivity contribution in [2.24, 2.45) is 0 Å². The monoisotopic (exact) mass is 301 g/mol. The first kappa shape index (κ1) is 17.9. The molecule has 0 unspecified atom stereocenters.